The van der Waals surface area contributed by atoms with E-state index >= 15 is 0 Å². The molecule has 0 saturated carbocycles. The Kier molecular flexibility index (Phi) is 4.73. The first kappa shape index (κ1) is 19.1. The maximum absolute atomic E-state index is 13.2. The Balaban J connectivity index is 1.89. The average molecular weight is 401 g/mol. The number of hydrogen-bond donors (Lipinski definition) is 0. The first-order valence-corrected chi connectivity index (χ1v) is 10.3. The van der Waals surface area contributed by atoms with Crippen LogP contribution in [0.3, 0.4) is 0 Å². The van der Waals surface area contributed by atoms with Gasteiger partial charge in [0.1, 0.15) is 0 Å². The molecule has 3 aliphatic rings. The van der Waals surface area contributed by atoms with Crippen molar-refractivity contribution in [2.75, 3.05) is 20.0 Å². The molecule has 4 rings (SSSR count). The Bertz CT molecular complexity index is 919. The molecule has 1 atom stereocenters. The van der Waals surface area contributed by atoms with Crippen LogP contribution >= 0.6 is 11.8 Å². The highest BCUT2D eigenvalue weighted by atomic mass is 32.2. The molecular weight excluding hydrogens is 376 g/mol. The third-order valence-corrected chi connectivity index (χ3v) is 6.36. The van der Waals surface area contributed by atoms with Gasteiger partial charge in [-0.25, -0.2) is 4.99 Å². The third kappa shape index (κ3) is 3.11. The first-order chi connectivity index (χ1) is 13.3. The lowest BCUT2D eigenvalue weighted by molar-refractivity contribution is -0.128. The fourth-order valence-corrected chi connectivity index (χ4v) is 5.14. The van der Waals surface area contributed by atoms with Crippen molar-refractivity contribution >= 4 is 28.6 Å². The van der Waals surface area contributed by atoms with E-state index in [0.717, 1.165) is 17.7 Å². The Labute approximate surface area is 169 Å². The number of ketones is 1. The number of amides is 1. The third-order valence-electron chi connectivity index (χ3n) is 5.40. The molecule has 2 heterocycles. The van der Waals surface area contributed by atoms with E-state index in [2.05, 4.69) is 13.8 Å². The van der Waals surface area contributed by atoms with Crippen LogP contribution < -0.4 is 9.47 Å². The second-order valence-corrected chi connectivity index (χ2v) is 9.14. The molecule has 6 nitrogen and oxygen atoms in total. The predicted molar refractivity (Wildman–Crippen MR) is 109 cm³/mol. The molecule has 148 valence electrons. The molecule has 1 aliphatic carbocycles. The Morgan fingerprint density at radius 1 is 1.14 bits per heavy atom. The van der Waals surface area contributed by atoms with Crippen molar-refractivity contribution in [1.82, 2.24) is 4.90 Å². The van der Waals surface area contributed by atoms with Crippen LogP contribution in [0, 0.1) is 5.41 Å². The van der Waals surface area contributed by atoms with Gasteiger partial charge in [0, 0.05) is 24.2 Å². The van der Waals surface area contributed by atoms with Crippen LogP contribution in [0.15, 0.2) is 34.5 Å². The van der Waals surface area contributed by atoms with Gasteiger partial charge in [0.25, 0.3) is 0 Å². The van der Waals surface area contributed by atoms with E-state index in [1.807, 2.05) is 18.2 Å². The quantitative estimate of drug-likeness (QED) is 0.773. The van der Waals surface area contributed by atoms with Gasteiger partial charge in [0.15, 0.2) is 22.4 Å². The number of allylic oxidation sites excluding steroid dienone is 1. The molecule has 0 spiro atoms. The lowest BCUT2D eigenvalue weighted by Crippen LogP contribution is -2.47. The van der Waals surface area contributed by atoms with Crippen molar-refractivity contribution < 1.29 is 19.1 Å². The van der Waals surface area contributed by atoms with Crippen LogP contribution in [0.5, 0.6) is 11.5 Å². The van der Waals surface area contributed by atoms with Gasteiger partial charge in [0.05, 0.1) is 26.0 Å². The van der Waals surface area contributed by atoms with Gasteiger partial charge < -0.3 is 9.47 Å². The summed E-state index contributed by atoms with van der Waals surface area (Å²) in [6.07, 6.45) is 1.62. The van der Waals surface area contributed by atoms with Gasteiger partial charge in [-0.15, -0.1) is 0 Å². The zero-order valence-electron chi connectivity index (χ0n) is 16.6. The van der Waals surface area contributed by atoms with Crippen molar-refractivity contribution in [3.63, 3.8) is 0 Å². The number of thioether (sulfide) groups is 1. The van der Waals surface area contributed by atoms with Crippen LogP contribution in [-0.4, -0.2) is 41.7 Å². The molecule has 0 unspecified atom stereocenters. The molecule has 2 aliphatic heterocycles. The number of Topliss-reactive ketones (excluding diaryl/α,β-unsaturated/α-hetero) is 1. The summed E-state index contributed by atoms with van der Waals surface area (Å²) in [4.78, 5) is 32.5. The second kappa shape index (κ2) is 6.95. The summed E-state index contributed by atoms with van der Waals surface area (Å²) in [6, 6.07) is 5.11. The molecule has 1 aromatic rings. The van der Waals surface area contributed by atoms with Crippen molar-refractivity contribution in [2.45, 2.75) is 39.2 Å². The van der Waals surface area contributed by atoms with Crippen LogP contribution in [0.1, 0.15) is 44.7 Å². The zero-order valence-corrected chi connectivity index (χ0v) is 17.4. The number of nitrogens with zero attached hydrogens (tertiary/aromatic N) is 2. The standard InChI is InChI=1S/C21H24N2O4S/c1-21(2)10-13-18(14(24)11-21)19(23-17(25)7-8-28-20(23)22-13)12-5-6-15(26-3)16(9-12)27-4/h5-6,9,19H,7-8,10-11H2,1-4H3/t19-/m1/s1. The van der Waals surface area contributed by atoms with Crippen LogP contribution in [-0.2, 0) is 9.59 Å². The van der Waals surface area contributed by atoms with Crippen molar-refractivity contribution in [1.29, 1.82) is 0 Å². The monoisotopic (exact) mass is 400 g/mol. The molecule has 0 radical (unpaired) electrons. The average Bonchev–Trinajstić information content (AvgIpc) is 2.65. The summed E-state index contributed by atoms with van der Waals surface area (Å²) in [7, 11) is 3.16. The smallest absolute Gasteiger partial charge is 0.230 e. The molecule has 28 heavy (non-hydrogen) atoms. The fraction of sp³-hybridized carbons (Fsp3) is 0.476. The van der Waals surface area contributed by atoms with E-state index in [4.69, 9.17) is 14.5 Å². The highest BCUT2D eigenvalue weighted by molar-refractivity contribution is 8.14. The summed E-state index contributed by atoms with van der Waals surface area (Å²) < 4.78 is 10.8. The Morgan fingerprint density at radius 2 is 1.89 bits per heavy atom. The number of aliphatic imine (C=N–C) groups is 1. The normalized spacial score (nSPS) is 23.8. The maximum Gasteiger partial charge on any atom is 0.230 e. The van der Waals surface area contributed by atoms with E-state index < -0.39 is 6.04 Å². The molecular formula is C21H24N2O4S. The van der Waals surface area contributed by atoms with Crippen LogP contribution in [0.4, 0.5) is 0 Å². The number of amidine groups is 1. The van der Waals surface area contributed by atoms with Gasteiger partial charge in [-0.2, -0.15) is 0 Å². The number of rotatable bonds is 3. The van der Waals surface area contributed by atoms with Gasteiger partial charge >= 0.3 is 0 Å². The summed E-state index contributed by atoms with van der Waals surface area (Å²) in [5, 5.41) is 0.695. The van der Waals surface area contributed by atoms with E-state index in [9.17, 15) is 9.59 Å². The van der Waals surface area contributed by atoms with Gasteiger partial charge in [-0.05, 0) is 29.5 Å². The van der Waals surface area contributed by atoms with E-state index in [1.165, 1.54) is 0 Å². The number of hydrogen-bond acceptors (Lipinski definition) is 6. The Morgan fingerprint density at radius 3 is 2.61 bits per heavy atom. The molecule has 1 fully saturated rings. The lowest BCUT2D eigenvalue weighted by atomic mass is 9.73. The van der Waals surface area contributed by atoms with E-state index in [1.54, 1.807) is 30.9 Å². The largest absolute Gasteiger partial charge is 0.493 e. The lowest BCUT2D eigenvalue weighted by Gasteiger charge is -2.43. The molecule has 7 heteroatoms. The number of methoxy groups -OCH3 is 2. The van der Waals surface area contributed by atoms with E-state index in [0.29, 0.717) is 40.8 Å². The van der Waals surface area contributed by atoms with Gasteiger partial charge in [-0.3, -0.25) is 14.5 Å². The molecule has 0 bridgehead atoms. The summed E-state index contributed by atoms with van der Waals surface area (Å²) in [5.74, 6) is 1.97. The number of carbonyl (C=O) groups is 2. The summed E-state index contributed by atoms with van der Waals surface area (Å²) >= 11 is 1.58. The molecule has 1 saturated heterocycles. The summed E-state index contributed by atoms with van der Waals surface area (Å²) in [6.45, 7) is 4.18. The SMILES string of the molecule is COc1ccc([C@@H]2C3=C(CC(C)(C)CC3=O)N=C3SCCC(=O)N32)cc1OC. The first-order valence-electron chi connectivity index (χ1n) is 9.36. The minimum Gasteiger partial charge on any atom is -0.493 e. The molecule has 1 amide bonds. The number of carbonyl (C=O) groups excluding carboxylic acids is 2. The molecule has 0 N–H and O–H groups in total. The van der Waals surface area contributed by atoms with Crippen molar-refractivity contribution in [3.8, 4) is 11.5 Å². The summed E-state index contributed by atoms with van der Waals surface area (Å²) in [5.41, 5.74) is 2.16. The second-order valence-electron chi connectivity index (χ2n) is 8.07. The molecule has 0 aromatic heterocycles. The topological polar surface area (TPSA) is 68.2 Å². The van der Waals surface area contributed by atoms with Gasteiger partial charge in [-0.1, -0.05) is 31.7 Å². The molecule has 1 aromatic carbocycles. The predicted octanol–water partition coefficient (Wildman–Crippen LogP) is 3.72. The minimum absolute atomic E-state index is 0.00136. The fourth-order valence-electron chi connectivity index (χ4n) is 4.16. The van der Waals surface area contributed by atoms with Crippen LogP contribution in [0.2, 0.25) is 0 Å². The number of fused-ring (bicyclic) bond motifs is 1. The highest BCUT2D eigenvalue weighted by Crippen LogP contribution is 2.48. The minimum atomic E-state index is -0.466. The number of benzene rings is 1. The van der Waals surface area contributed by atoms with Crippen LogP contribution in [0.25, 0.3) is 0 Å². The maximum atomic E-state index is 13.2. The van der Waals surface area contributed by atoms with Gasteiger partial charge in [0.2, 0.25) is 5.91 Å². The van der Waals surface area contributed by atoms with Crippen molar-refractivity contribution in [3.05, 3.63) is 35.0 Å². The zero-order chi connectivity index (χ0) is 20.1. The highest BCUT2D eigenvalue weighted by Gasteiger charge is 2.45. The van der Waals surface area contributed by atoms with Crippen molar-refractivity contribution in [2.24, 2.45) is 10.4 Å². The Hall–Kier alpha value is -2.28. The number of ether oxygens (including phenoxy) is 2. The van der Waals surface area contributed by atoms with E-state index in [-0.39, 0.29) is 17.1 Å².